The summed E-state index contributed by atoms with van der Waals surface area (Å²) in [6.07, 6.45) is 1.38. The van der Waals surface area contributed by atoms with Gasteiger partial charge in [-0.1, -0.05) is 5.16 Å². The van der Waals surface area contributed by atoms with Crippen molar-refractivity contribution < 1.29 is 18.8 Å². The molecule has 2 aliphatic rings. The SMILES string of the molecule is CNC(=O)[C@]12CCOC[C@H]1CN(C(=O)CCc1nc(C)no1)C2. The zero-order chi connectivity index (χ0) is 16.4. The van der Waals surface area contributed by atoms with E-state index in [-0.39, 0.29) is 17.7 Å². The predicted octanol–water partition coefficient (Wildman–Crippen LogP) is -0.0783. The molecule has 1 aromatic rings. The van der Waals surface area contributed by atoms with Crippen molar-refractivity contribution in [2.24, 2.45) is 11.3 Å². The number of aromatic nitrogens is 2. The van der Waals surface area contributed by atoms with Crippen LogP contribution in [-0.2, 0) is 20.7 Å². The summed E-state index contributed by atoms with van der Waals surface area (Å²) in [5.74, 6) is 1.12. The first kappa shape index (κ1) is 15.9. The van der Waals surface area contributed by atoms with E-state index in [9.17, 15) is 9.59 Å². The highest BCUT2D eigenvalue weighted by Crippen LogP contribution is 2.42. The molecule has 3 rings (SSSR count). The van der Waals surface area contributed by atoms with Gasteiger partial charge in [-0.2, -0.15) is 4.98 Å². The van der Waals surface area contributed by atoms with Crippen LogP contribution in [0.3, 0.4) is 0 Å². The van der Waals surface area contributed by atoms with Crippen molar-refractivity contribution in [3.63, 3.8) is 0 Å². The van der Waals surface area contributed by atoms with Gasteiger partial charge in [0, 0.05) is 45.5 Å². The van der Waals surface area contributed by atoms with Crippen molar-refractivity contribution in [1.82, 2.24) is 20.4 Å². The lowest BCUT2D eigenvalue weighted by Crippen LogP contribution is -2.49. The number of nitrogens with zero attached hydrogens (tertiary/aromatic N) is 3. The first-order valence-corrected chi connectivity index (χ1v) is 7.92. The van der Waals surface area contributed by atoms with Crippen LogP contribution in [0.5, 0.6) is 0 Å². The van der Waals surface area contributed by atoms with Gasteiger partial charge in [0.05, 0.1) is 12.0 Å². The maximum Gasteiger partial charge on any atom is 0.228 e. The maximum absolute atomic E-state index is 12.5. The summed E-state index contributed by atoms with van der Waals surface area (Å²) in [4.78, 5) is 30.7. The van der Waals surface area contributed by atoms with Crippen molar-refractivity contribution >= 4 is 11.8 Å². The molecule has 2 fully saturated rings. The summed E-state index contributed by atoms with van der Waals surface area (Å²) in [6.45, 7) is 3.86. The molecule has 2 saturated heterocycles. The number of fused-ring (bicyclic) bond motifs is 1. The minimum atomic E-state index is -0.510. The van der Waals surface area contributed by atoms with Gasteiger partial charge >= 0.3 is 0 Å². The van der Waals surface area contributed by atoms with Crippen LogP contribution >= 0.6 is 0 Å². The van der Waals surface area contributed by atoms with Crippen molar-refractivity contribution in [2.75, 3.05) is 33.4 Å². The molecule has 1 aromatic heterocycles. The van der Waals surface area contributed by atoms with Crippen molar-refractivity contribution in [2.45, 2.75) is 26.2 Å². The number of likely N-dealkylation sites (tertiary alicyclic amines) is 1. The average molecular weight is 322 g/mol. The highest BCUT2D eigenvalue weighted by Gasteiger charge is 2.54. The van der Waals surface area contributed by atoms with Crippen LogP contribution in [0.15, 0.2) is 4.52 Å². The van der Waals surface area contributed by atoms with Crippen LogP contribution in [0.2, 0.25) is 0 Å². The monoisotopic (exact) mass is 322 g/mol. The van der Waals surface area contributed by atoms with E-state index in [1.807, 2.05) is 0 Å². The first-order chi connectivity index (χ1) is 11.0. The highest BCUT2D eigenvalue weighted by molar-refractivity contribution is 5.85. The molecule has 126 valence electrons. The molecular formula is C15H22N4O4. The average Bonchev–Trinajstić information content (AvgIpc) is 3.15. The Bertz CT molecular complexity index is 602. The van der Waals surface area contributed by atoms with Crippen molar-refractivity contribution in [3.8, 4) is 0 Å². The number of hydrogen-bond acceptors (Lipinski definition) is 6. The Hall–Kier alpha value is -1.96. The molecule has 0 unspecified atom stereocenters. The Morgan fingerprint density at radius 3 is 3.00 bits per heavy atom. The molecule has 8 nitrogen and oxygen atoms in total. The first-order valence-electron chi connectivity index (χ1n) is 7.92. The lowest BCUT2D eigenvalue weighted by atomic mass is 9.73. The number of rotatable bonds is 4. The number of aryl methyl sites for hydroxylation is 2. The molecule has 2 aliphatic heterocycles. The summed E-state index contributed by atoms with van der Waals surface area (Å²) >= 11 is 0. The Kier molecular flexibility index (Phi) is 4.34. The molecule has 23 heavy (non-hydrogen) atoms. The van der Waals surface area contributed by atoms with E-state index in [2.05, 4.69) is 15.5 Å². The molecule has 0 bridgehead atoms. The summed E-state index contributed by atoms with van der Waals surface area (Å²) in [7, 11) is 1.64. The van der Waals surface area contributed by atoms with E-state index in [0.29, 0.717) is 57.3 Å². The van der Waals surface area contributed by atoms with Crippen LogP contribution in [0.1, 0.15) is 24.6 Å². The summed E-state index contributed by atoms with van der Waals surface area (Å²) < 4.78 is 10.5. The van der Waals surface area contributed by atoms with Crippen LogP contribution in [0.25, 0.3) is 0 Å². The third kappa shape index (κ3) is 2.95. The van der Waals surface area contributed by atoms with E-state index in [1.165, 1.54) is 0 Å². The summed E-state index contributed by atoms with van der Waals surface area (Å²) in [5, 5.41) is 6.47. The number of ether oxygens (including phenoxy) is 1. The minimum Gasteiger partial charge on any atom is -0.381 e. The quantitative estimate of drug-likeness (QED) is 0.833. The Balaban J connectivity index is 1.64. The molecule has 3 heterocycles. The number of carbonyl (C=O) groups is 2. The molecule has 2 atom stereocenters. The molecule has 8 heteroatoms. The Labute approximate surface area is 134 Å². The fourth-order valence-electron chi connectivity index (χ4n) is 3.57. The Morgan fingerprint density at radius 1 is 1.48 bits per heavy atom. The van der Waals surface area contributed by atoms with Crippen molar-refractivity contribution in [3.05, 3.63) is 11.7 Å². The predicted molar refractivity (Wildman–Crippen MR) is 79.4 cm³/mol. The Morgan fingerprint density at radius 2 is 2.30 bits per heavy atom. The second-order valence-corrected chi connectivity index (χ2v) is 6.27. The normalized spacial score (nSPS) is 26.9. The minimum absolute atomic E-state index is 0.00799. The third-order valence-electron chi connectivity index (χ3n) is 4.86. The number of nitrogens with one attached hydrogen (secondary N) is 1. The lowest BCUT2D eigenvalue weighted by Gasteiger charge is -2.36. The third-order valence-corrected chi connectivity index (χ3v) is 4.86. The zero-order valence-electron chi connectivity index (χ0n) is 13.5. The zero-order valence-corrected chi connectivity index (χ0v) is 13.5. The van der Waals surface area contributed by atoms with Gasteiger partial charge in [-0.3, -0.25) is 9.59 Å². The fraction of sp³-hybridized carbons (Fsp3) is 0.733. The molecular weight excluding hydrogens is 300 g/mol. The second-order valence-electron chi connectivity index (χ2n) is 6.27. The molecule has 0 spiro atoms. The second kappa shape index (κ2) is 6.27. The molecule has 0 aromatic carbocycles. The van der Waals surface area contributed by atoms with E-state index in [4.69, 9.17) is 9.26 Å². The molecule has 1 N–H and O–H groups in total. The molecule has 0 aliphatic carbocycles. The van der Waals surface area contributed by atoms with Gasteiger partial charge in [0.25, 0.3) is 0 Å². The molecule has 0 radical (unpaired) electrons. The van der Waals surface area contributed by atoms with Crippen LogP contribution in [0.4, 0.5) is 0 Å². The smallest absolute Gasteiger partial charge is 0.228 e. The van der Waals surface area contributed by atoms with Gasteiger partial charge in [0.15, 0.2) is 5.82 Å². The van der Waals surface area contributed by atoms with Crippen LogP contribution in [-0.4, -0.2) is 60.2 Å². The highest BCUT2D eigenvalue weighted by atomic mass is 16.5. The van der Waals surface area contributed by atoms with Crippen molar-refractivity contribution in [1.29, 1.82) is 0 Å². The van der Waals surface area contributed by atoms with E-state index in [1.54, 1.807) is 18.9 Å². The largest absolute Gasteiger partial charge is 0.381 e. The summed E-state index contributed by atoms with van der Waals surface area (Å²) in [5.41, 5.74) is -0.510. The number of carbonyl (C=O) groups excluding carboxylic acids is 2. The topological polar surface area (TPSA) is 97.6 Å². The number of amides is 2. The summed E-state index contributed by atoms with van der Waals surface area (Å²) in [6, 6.07) is 0. The molecule has 2 amide bonds. The van der Waals surface area contributed by atoms with E-state index >= 15 is 0 Å². The van der Waals surface area contributed by atoms with Gasteiger partial charge < -0.3 is 19.5 Å². The van der Waals surface area contributed by atoms with Gasteiger partial charge in [-0.15, -0.1) is 0 Å². The maximum atomic E-state index is 12.5. The van der Waals surface area contributed by atoms with E-state index in [0.717, 1.165) is 0 Å². The van der Waals surface area contributed by atoms with Crippen LogP contribution < -0.4 is 5.32 Å². The number of hydrogen-bond donors (Lipinski definition) is 1. The van der Waals surface area contributed by atoms with Gasteiger partial charge in [-0.25, -0.2) is 0 Å². The lowest BCUT2D eigenvalue weighted by molar-refractivity contribution is -0.139. The van der Waals surface area contributed by atoms with Gasteiger partial charge in [-0.05, 0) is 13.3 Å². The standard InChI is InChI=1S/C15H22N4O4/c1-10-17-12(23-18-10)3-4-13(20)19-7-11-8-22-6-5-15(11,9-19)14(21)16-2/h11H,3-9H2,1-2H3,(H,16,21)/t11-,15+/m1/s1. The molecule has 0 saturated carbocycles. The van der Waals surface area contributed by atoms with Gasteiger partial charge in [0.1, 0.15) is 0 Å². The van der Waals surface area contributed by atoms with Crippen LogP contribution in [0, 0.1) is 18.3 Å². The fourth-order valence-corrected chi connectivity index (χ4v) is 3.57. The van der Waals surface area contributed by atoms with E-state index < -0.39 is 5.41 Å². The van der Waals surface area contributed by atoms with Gasteiger partial charge in [0.2, 0.25) is 17.7 Å².